The van der Waals surface area contributed by atoms with Crippen LogP contribution >= 0.6 is 0 Å². The Morgan fingerprint density at radius 3 is 2.35 bits per heavy atom. The number of hydrogen-bond acceptors (Lipinski definition) is 8. The van der Waals surface area contributed by atoms with Gasteiger partial charge in [0.15, 0.2) is 5.65 Å². The molecule has 2 saturated heterocycles. The van der Waals surface area contributed by atoms with E-state index in [0.29, 0.717) is 56.2 Å². The second-order valence-electron chi connectivity index (χ2n) is 10.5. The maximum absolute atomic E-state index is 14.7. The van der Waals surface area contributed by atoms with Gasteiger partial charge in [-0.15, -0.1) is 0 Å². The number of aromatic nitrogens is 3. The van der Waals surface area contributed by atoms with Crippen LogP contribution in [0.4, 0.5) is 16.2 Å². The molecule has 198 valence electrons. The molecule has 0 spiro atoms. The first kappa shape index (κ1) is 25.8. The van der Waals surface area contributed by atoms with Gasteiger partial charge < -0.3 is 19.3 Å². The summed E-state index contributed by atoms with van der Waals surface area (Å²) in [5.41, 5.74) is 2.93. The lowest BCUT2D eigenvalue weighted by atomic mass is 10.1. The zero-order valence-corrected chi connectivity index (χ0v) is 22.4. The van der Waals surface area contributed by atoms with Crippen molar-refractivity contribution < 1.29 is 13.9 Å². The highest BCUT2D eigenvalue weighted by molar-refractivity contribution is 5.90. The van der Waals surface area contributed by atoms with Gasteiger partial charge in [-0.3, -0.25) is 4.90 Å². The van der Waals surface area contributed by atoms with Crippen molar-refractivity contribution in [1.29, 1.82) is 0 Å². The third kappa shape index (κ3) is 5.39. The predicted molar refractivity (Wildman–Crippen MR) is 145 cm³/mol. The van der Waals surface area contributed by atoms with E-state index in [-0.39, 0.29) is 17.9 Å². The molecule has 5 rings (SSSR count). The molecule has 8 nitrogen and oxygen atoms in total. The number of ether oxygens (including phenoxy) is 2. The molecule has 0 N–H and O–H groups in total. The Balaban J connectivity index is 1.59. The second kappa shape index (κ2) is 10.8. The van der Waals surface area contributed by atoms with Crippen LogP contribution in [0.3, 0.4) is 0 Å². The molecule has 37 heavy (non-hydrogen) atoms. The summed E-state index contributed by atoms with van der Waals surface area (Å²) in [4.78, 5) is 21.6. The number of hydrogen-bond donors (Lipinski definition) is 0. The number of benzene rings is 1. The summed E-state index contributed by atoms with van der Waals surface area (Å²) in [6, 6.07) is 9.94. The molecule has 0 amide bonds. The van der Waals surface area contributed by atoms with E-state index in [2.05, 4.69) is 42.4 Å². The molecule has 0 radical (unpaired) electrons. The summed E-state index contributed by atoms with van der Waals surface area (Å²) in [5.74, 6) is 1.35. The topological polar surface area (TPSA) is 66.9 Å². The van der Waals surface area contributed by atoms with Gasteiger partial charge in [-0.1, -0.05) is 0 Å². The molecule has 0 bridgehead atoms. The largest absolute Gasteiger partial charge is 0.377 e. The van der Waals surface area contributed by atoms with Gasteiger partial charge in [0.05, 0.1) is 49.6 Å². The Kier molecular flexibility index (Phi) is 7.55. The molecule has 2 aliphatic heterocycles. The molecule has 0 aliphatic carbocycles. The van der Waals surface area contributed by atoms with Crippen LogP contribution in [-0.4, -0.2) is 84.5 Å². The highest BCUT2D eigenvalue weighted by Gasteiger charge is 2.27. The monoisotopic (exact) mass is 508 g/mol. The average molecular weight is 509 g/mol. The highest BCUT2D eigenvalue weighted by atomic mass is 19.1. The molecule has 2 aromatic heterocycles. The van der Waals surface area contributed by atoms with Gasteiger partial charge in [0.2, 0.25) is 5.95 Å². The molecule has 0 saturated carbocycles. The first-order valence-electron chi connectivity index (χ1n) is 13.2. The first-order chi connectivity index (χ1) is 17.8. The third-order valence-electron chi connectivity index (χ3n) is 7.43. The molecule has 9 heteroatoms. The number of fused-ring (bicyclic) bond motifs is 1. The normalized spacial score (nSPS) is 20.9. The van der Waals surface area contributed by atoms with Crippen LogP contribution in [0.2, 0.25) is 0 Å². The minimum absolute atomic E-state index is 0.168. The van der Waals surface area contributed by atoms with Crippen LogP contribution in [0.1, 0.15) is 33.3 Å². The lowest BCUT2D eigenvalue weighted by Gasteiger charge is -2.37. The fraction of sp³-hybridized carbons (Fsp3) is 0.536. The number of halogens is 1. The van der Waals surface area contributed by atoms with Gasteiger partial charge in [0.1, 0.15) is 11.6 Å². The molecular formula is C28H37FN6O2. The van der Waals surface area contributed by atoms with E-state index in [9.17, 15) is 4.39 Å². The van der Waals surface area contributed by atoms with Crippen molar-refractivity contribution in [3.05, 3.63) is 41.7 Å². The van der Waals surface area contributed by atoms with Crippen molar-refractivity contribution >= 4 is 22.8 Å². The van der Waals surface area contributed by atoms with Crippen LogP contribution in [0, 0.1) is 5.82 Å². The standard InChI is InChI=1S/C28H37FN6O2/c1-18(2)33(5)15-22-14-21(6-8-24(22)29)25-9-7-23-26(30-25)31-28(35-11-13-37-17-20(35)4)32-27(23)34-10-12-36-16-19(34)3/h6-9,14,18-20H,10-13,15-17H2,1-5H3/t19-,20-/m0/s1. The second-order valence-corrected chi connectivity index (χ2v) is 10.5. The zero-order valence-electron chi connectivity index (χ0n) is 22.4. The number of pyridine rings is 1. The highest BCUT2D eigenvalue weighted by Crippen LogP contribution is 2.31. The Morgan fingerprint density at radius 2 is 1.68 bits per heavy atom. The van der Waals surface area contributed by atoms with Gasteiger partial charge in [-0.25, -0.2) is 9.37 Å². The van der Waals surface area contributed by atoms with Crippen molar-refractivity contribution in [2.24, 2.45) is 0 Å². The number of anilines is 2. The number of nitrogens with zero attached hydrogens (tertiary/aromatic N) is 6. The maximum atomic E-state index is 14.7. The van der Waals surface area contributed by atoms with E-state index < -0.39 is 0 Å². The predicted octanol–water partition coefficient (Wildman–Crippen LogP) is 4.12. The fourth-order valence-corrected chi connectivity index (χ4v) is 4.86. The Labute approximate surface area is 218 Å². The van der Waals surface area contributed by atoms with Gasteiger partial charge in [-0.2, -0.15) is 9.97 Å². The van der Waals surface area contributed by atoms with Crippen LogP contribution in [-0.2, 0) is 16.0 Å². The summed E-state index contributed by atoms with van der Waals surface area (Å²) in [5, 5.41) is 0.907. The SMILES string of the molecule is CC(C)N(C)Cc1cc(-c2ccc3c(N4CCOC[C@@H]4C)nc(N4CCOC[C@@H]4C)nc3n2)ccc1F. The Bertz CT molecular complexity index is 1250. The summed E-state index contributed by atoms with van der Waals surface area (Å²) >= 11 is 0. The summed E-state index contributed by atoms with van der Waals surface area (Å²) in [7, 11) is 2.00. The van der Waals surface area contributed by atoms with Gasteiger partial charge in [0.25, 0.3) is 0 Å². The molecule has 2 aliphatic rings. The molecule has 4 heterocycles. The summed E-state index contributed by atoms with van der Waals surface area (Å²) < 4.78 is 26.0. The third-order valence-corrected chi connectivity index (χ3v) is 7.43. The Hall–Kier alpha value is -2.88. The van der Waals surface area contributed by atoms with Crippen LogP contribution in [0.15, 0.2) is 30.3 Å². The molecular weight excluding hydrogens is 471 g/mol. The molecule has 3 aromatic rings. The maximum Gasteiger partial charge on any atom is 0.229 e. The minimum atomic E-state index is -0.202. The first-order valence-corrected chi connectivity index (χ1v) is 13.2. The Morgan fingerprint density at radius 1 is 0.973 bits per heavy atom. The van der Waals surface area contributed by atoms with E-state index in [1.165, 1.54) is 6.07 Å². The number of rotatable bonds is 6. The van der Waals surface area contributed by atoms with E-state index in [0.717, 1.165) is 35.6 Å². The van der Waals surface area contributed by atoms with Gasteiger partial charge >= 0.3 is 0 Å². The van der Waals surface area contributed by atoms with Gasteiger partial charge in [0, 0.05) is 36.8 Å². The quantitative estimate of drug-likeness (QED) is 0.493. The minimum Gasteiger partial charge on any atom is -0.377 e. The molecule has 2 fully saturated rings. The van der Waals surface area contributed by atoms with E-state index in [1.807, 2.05) is 25.2 Å². The van der Waals surface area contributed by atoms with E-state index in [4.69, 9.17) is 24.4 Å². The smallest absolute Gasteiger partial charge is 0.229 e. The van der Waals surface area contributed by atoms with E-state index in [1.54, 1.807) is 6.07 Å². The van der Waals surface area contributed by atoms with Crippen LogP contribution in [0.5, 0.6) is 0 Å². The van der Waals surface area contributed by atoms with Crippen LogP contribution in [0.25, 0.3) is 22.3 Å². The molecule has 1 aromatic carbocycles. The summed E-state index contributed by atoms with van der Waals surface area (Å²) in [6.45, 7) is 13.1. The van der Waals surface area contributed by atoms with Crippen molar-refractivity contribution in [1.82, 2.24) is 19.9 Å². The fourth-order valence-electron chi connectivity index (χ4n) is 4.86. The average Bonchev–Trinajstić information content (AvgIpc) is 2.89. The van der Waals surface area contributed by atoms with Crippen molar-refractivity contribution in [2.45, 2.75) is 52.4 Å². The van der Waals surface area contributed by atoms with Crippen molar-refractivity contribution in [3.8, 4) is 11.3 Å². The number of morpholine rings is 2. The van der Waals surface area contributed by atoms with Crippen molar-refractivity contribution in [3.63, 3.8) is 0 Å². The lowest BCUT2D eigenvalue weighted by molar-refractivity contribution is 0.0973. The molecule has 2 atom stereocenters. The van der Waals surface area contributed by atoms with Crippen molar-refractivity contribution in [2.75, 3.05) is 56.4 Å². The van der Waals surface area contributed by atoms with E-state index >= 15 is 0 Å². The lowest BCUT2D eigenvalue weighted by Crippen LogP contribution is -2.46. The summed E-state index contributed by atoms with van der Waals surface area (Å²) in [6.07, 6.45) is 0. The van der Waals surface area contributed by atoms with Crippen LogP contribution < -0.4 is 9.80 Å². The van der Waals surface area contributed by atoms with Gasteiger partial charge in [-0.05, 0) is 65.1 Å². The molecule has 0 unspecified atom stereocenters. The zero-order chi connectivity index (χ0) is 26.1.